The van der Waals surface area contributed by atoms with E-state index in [2.05, 4.69) is 47.7 Å². The van der Waals surface area contributed by atoms with Crippen LogP contribution in [0.15, 0.2) is 36.5 Å². The van der Waals surface area contributed by atoms with Gasteiger partial charge in [0.1, 0.15) is 0 Å². The smallest absolute Gasteiger partial charge is 0.187 e. The molecule has 1 saturated heterocycles. The van der Waals surface area contributed by atoms with E-state index >= 15 is 0 Å². The number of aliphatic hydroxyl groups excluding tert-OH is 1. The van der Waals surface area contributed by atoms with Gasteiger partial charge in [-0.3, -0.25) is 4.79 Å². The molecule has 0 saturated carbocycles. The summed E-state index contributed by atoms with van der Waals surface area (Å²) in [6.45, 7) is 13.2. The van der Waals surface area contributed by atoms with Gasteiger partial charge < -0.3 is 20.2 Å². The number of hydrogen-bond acceptors (Lipinski definition) is 5. The molecule has 0 amide bonds. The van der Waals surface area contributed by atoms with Gasteiger partial charge in [-0.2, -0.15) is 0 Å². The van der Waals surface area contributed by atoms with E-state index < -0.39 is 0 Å². The zero-order valence-electron chi connectivity index (χ0n) is 17.4. The summed E-state index contributed by atoms with van der Waals surface area (Å²) < 4.78 is 0. The number of carbonyl (C=O) groups is 1. The number of nitrogens with one attached hydrogen (secondary N) is 1. The van der Waals surface area contributed by atoms with Gasteiger partial charge >= 0.3 is 0 Å². The summed E-state index contributed by atoms with van der Waals surface area (Å²) in [5.41, 5.74) is 2.82. The second-order valence-corrected chi connectivity index (χ2v) is 8.42. The largest absolute Gasteiger partial charge is 0.396 e. The van der Waals surface area contributed by atoms with Crippen LogP contribution in [0.25, 0.3) is 0 Å². The quantitative estimate of drug-likeness (QED) is 0.640. The zero-order valence-corrected chi connectivity index (χ0v) is 17.4. The highest BCUT2D eigenvalue weighted by molar-refractivity contribution is 6.01. The van der Waals surface area contributed by atoms with E-state index in [1.807, 2.05) is 12.1 Å². The molecular weight excluding hydrogens is 350 g/mol. The van der Waals surface area contributed by atoms with Gasteiger partial charge in [-0.25, -0.2) is 0 Å². The highest BCUT2D eigenvalue weighted by atomic mass is 16.3. The van der Waals surface area contributed by atoms with Gasteiger partial charge in [0, 0.05) is 38.0 Å². The summed E-state index contributed by atoms with van der Waals surface area (Å²) in [4.78, 5) is 17.8. The molecule has 1 aromatic carbocycles. The van der Waals surface area contributed by atoms with Crippen LogP contribution in [0.1, 0.15) is 44.6 Å². The summed E-state index contributed by atoms with van der Waals surface area (Å²) in [7, 11) is 0. The Morgan fingerprint density at radius 2 is 2.00 bits per heavy atom. The SMILES string of the molecule is C=C(NCCN1CCC(CCO)CC1)C(=O)C1CN(C(C)C)c2ccccc21. The van der Waals surface area contributed by atoms with E-state index in [9.17, 15) is 4.79 Å². The maximum Gasteiger partial charge on any atom is 0.187 e. The van der Waals surface area contributed by atoms with Gasteiger partial charge in [0.25, 0.3) is 0 Å². The molecular formula is C23H35N3O2. The zero-order chi connectivity index (χ0) is 20.1. The van der Waals surface area contributed by atoms with Crippen LogP contribution in [-0.2, 0) is 4.79 Å². The number of rotatable bonds is 9. The molecule has 2 aliphatic rings. The predicted molar refractivity (Wildman–Crippen MR) is 115 cm³/mol. The van der Waals surface area contributed by atoms with E-state index in [0.717, 1.165) is 57.5 Å². The first-order chi connectivity index (χ1) is 13.5. The van der Waals surface area contributed by atoms with Gasteiger partial charge in [-0.15, -0.1) is 0 Å². The first kappa shape index (κ1) is 20.9. The lowest BCUT2D eigenvalue weighted by atomic mass is 9.94. The molecule has 1 fully saturated rings. The Balaban J connectivity index is 1.48. The lowest BCUT2D eigenvalue weighted by Crippen LogP contribution is -2.39. The Labute approximate surface area is 169 Å². The van der Waals surface area contributed by atoms with Gasteiger partial charge in [0.2, 0.25) is 0 Å². The molecule has 5 nitrogen and oxygen atoms in total. The number of Topliss-reactive ketones (excluding diaryl/α,β-unsaturated/α-hetero) is 1. The number of allylic oxidation sites excluding steroid dienone is 1. The molecule has 2 heterocycles. The normalized spacial score (nSPS) is 20.4. The van der Waals surface area contributed by atoms with E-state index in [-0.39, 0.29) is 11.7 Å². The number of carbonyl (C=O) groups excluding carboxylic acids is 1. The number of aliphatic hydroxyl groups is 1. The van der Waals surface area contributed by atoms with Crippen molar-refractivity contribution in [1.29, 1.82) is 0 Å². The van der Waals surface area contributed by atoms with Crippen molar-refractivity contribution in [2.45, 2.75) is 45.1 Å². The Hall–Kier alpha value is -1.85. The molecule has 28 heavy (non-hydrogen) atoms. The van der Waals surface area contributed by atoms with Crippen LogP contribution in [0.3, 0.4) is 0 Å². The third kappa shape index (κ3) is 4.76. The van der Waals surface area contributed by atoms with Crippen LogP contribution in [0, 0.1) is 5.92 Å². The highest BCUT2D eigenvalue weighted by Gasteiger charge is 2.35. The first-order valence-electron chi connectivity index (χ1n) is 10.7. The lowest BCUT2D eigenvalue weighted by molar-refractivity contribution is -0.117. The number of ketones is 1. The van der Waals surface area contributed by atoms with Crippen LogP contribution in [-0.4, -0.2) is 61.2 Å². The van der Waals surface area contributed by atoms with Crippen LogP contribution < -0.4 is 10.2 Å². The van der Waals surface area contributed by atoms with Crippen molar-refractivity contribution in [2.75, 3.05) is 44.2 Å². The average molecular weight is 386 g/mol. The lowest BCUT2D eigenvalue weighted by Gasteiger charge is -2.31. The fourth-order valence-electron chi connectivity index (χ4n) is 4.49. The molecule has 0 bridgehead atoms. The van der Waals surface area contributed by atoms with Crippen LogP contribution in [0.5, 0.6) is 0 Å². The van der Waals surface area contributed by atoms with Crippen molar-refractivity contribution < 1.29 is 9.90 Å². The van der Waals surface area contributed by atoms with Crippen molar-refractivity contribution in [1.82, 2.24) is 10.2 Å². The number of nitrogens with zero attached hydrogens (tertiary/aromatic N) is 2. The first-order valence-corrected chi connectivity index (χ1v) is 10.7. The molecule has 1 aromatic rings. The summed E-state index contributed by atoms with van der Waals surface area (Å²) in [5, 5.41) is 12.3. The minimum absolute atomic E-state index is 0.109. The second kappa shape index (κ2) is 9.57. The fraction of sp³-hybridized carbons (Fsp3) is 0.609. The number of likely N-dealkylation sites (tertiary alicyclic amines) is 1. The molecule has 5 heteroatoms. The Kier molecular flexibility index (Phi) is 7.13. The Bertz CT molecular complexity index is 680. The summed E-state index contributed by atoms with van der Waals surface area (Å²) in [5.74, 6) is 0.641. The van der Waals surface area contributed by atoms with Gasteiger partial charge in [-0.05, 0) is 63.7 Å². The molecule has 0 spiro atoms. The molecule has 1 atom stereocenters. The number of benzene rings is 1. The number of piperidine rings is 1. The van der Waals surface area contributed by atoms with Crippen LogP contribution in [0.2, 0.25) is 0 Å². The molecule has 0 radical (unpaired) electrons. The third-order valence-corrected chi connectivity index (χ3v) is 6.25. The number of para-hydroxylation sites is 1. The van der Waals surface area contributed by atoms with Crippen molar-refractivity contribution in [3.8, 4) is 0 Å². The van der Waals surface area contributed by atoms with E-state index in [1.54, 1.807) is 0 Å². The second-order valence-electron chi connectivity index (χ2n) is 8.42. The minimum Gasteiger partial charge on any atom is -0.396 e. The van der Waals surface area contributed by atoms with Gasteiger partial charge in [0.15, 0.2) is 5.78 Å². The summed E-state index contributed by atoms with van der Waals surface area (Å²) in [6, 6.07) is 8.61. The van der Waals surface area contributed by atoms with Crippen molar-refractivity contribution in [2.24, 2.45) is 5.92 Å². The highest BCUT2D eigenvalue weighted by Crippen LogP contribution is 2.38. The summed E-state index contributed by atoms with van der Waals surface area (Å²) in [6.07, 6.45) is 3.24. The monoisotopic (exact) mass is 385 g/mol. The molecule has 2 aliphatic heterocycles. The van der Waals surface area contributed by atoms with E-state index in [0.29, 0.717) is 24.3 Å². The average Bonchev–Trinajstić information content (AvgIpc) is 3.09. The van der Waals surface area contributed by atoms with Crippen molar-refractivity contribution >= 4 is 11.5 Å². The number of anilines is 1. The Morgan fingerprint density at radius 1 is 1.29 bits per heavy atom. The van der Waals surface area contributed by atoms with Gasteiger partial charge in [-0.1, -0.05) is 24.8 Å². The molecule has 154 valence electrons. The maximum absolute atomic E-state index is 13.0. The predicted octanol–water partition coefficient (Wildman–Crippen LogP) is 2.77. The van der Waals surface area contributed by atoms with E-state index in [1.165, 1.54) is 5.69 Å². The van der Waals surface area contributed by atoms with Crippen LogP contribution in [0.4, 0.5) is 5.69 Å². The molecule has 1 unspecified atom stereocenters. The molecule has 0 aromatic heterocycles. The minimum atomic E-state index is -0.132. The third-order valence-electron chi connectivity index (χ3n) is 6.25. The van der Waals surface area contributed by atoms with E-state index in [4.69, 9.17) is 5.11 Å². The topological polar surface area (TPSA) is 55.8 Å². The Morgan fingerprint density at radius 3 is 2.68 bits per heavy atom. The summed E-state index contributed by atoms with van der Waals surface area (Å²) >= 11 is 0. The molecule has 3 rings (SSSR count). The number of fused-ring (bicyclic) bond motifs is 1. The molecule has 0 aliphatic carbocycles. The van der Waals surface area contributed by atoms with Crippen molar-refractivity contribution in [3.05, 3.63) is 42.1 Å². The fourth-order valence-corrected chi connectivity index (χ4v) is 4.49. The maximum atomic E-state index is 13.0. The van der Waals surface area contributed by atoms with Gasteiger partial charge in [0.05, 0.1) is 11.6 Å². The number of hydrogen-bond donors (Lipinski definition) is 2. The van der Waals surface area contributed by atoms with Crippen LogP contribution >= 0.6 is 0 Å². The standard InChI is InChI=1S/C23H35N3O2/c1-17(2)26-16-21(20-6-4-5-7-22(20)26)23(28)18(3)24-11-14-25-12-8-19(9-13-25)10-15-27/h4-7,17,19,21,24,27H,3,8-16H2,1-2H3. The van der Waals surface area contributed by atoms with Crippen molar-refractivity contribution in [3.63, 3.8) is 0 Å². The molecule has 2 N–H and O–H groups in total.